The Morgan fingerprint density at radius 3 is 1.62 bits per heavy atom. The monoisotopic (exact) mass is 206 g/mol. The van der Waals surface area contributed by atoms with Crippen molar-refractivity contribution >= 4 is 8.80 Å². The molecule has 0 aliphatic carbocycles. The zero-order chi connectivity index (χ0) is 10.5. The maximum Gasteiger partial charge on any atom is 0.503 e. The lowest BCUT2D eigenvalue weighted by Crippen LogP contribution is -2.48. The van der Waals surface area contributed by atoms with Crippen LogP contribution in [0.25, 0.3) is 0 Å². The molecule has 0 saturated carbocycles. The normalized spacial score (nSPS) is 17.1. The van der Waals surface area contributed by atoms with Gasteiger partial charge in [-0.15, -0.1) is 0 Å². The Balaban J connectivity index is 4.52. The van der Waals surface area contributed by atoms with E-state index in [0.29, 0.717) is 11.5 Å². The second-order valence-corrected chi connectivity index (χ2v) is 6.73. The van der Waals surface area contributed by atoms with Crippen LogP contribution in [-0.4, -0.2) is 30.1 Å². The van der Waals surface area contributed by atoms with Crippen molar-refractivity contribution in [3.8, 4) is 0 Å². The van der Waals surface area contributed by atoms with E-state index in [2.05, 4.69) is 20.8 Å². The third-order valence-electron chi connectivity index (χ3n) is 2.91. The van der Waals surface area contributed by atoms with Gasteiger partial charge in [0.1, 0.15) is 0 Å². The smallest absolute Gasteiger partial charge is 0.377 e. The lowest BCUT2D eigenvalue weighted by molar-refractivity contribution is 0.105. The first-order chi connectivity index (χ1) is 6.07. The molecule has 0 N–H and O–H groups in total. The van der Waals surface area contributed by atoms with Crippen LogP contribution in [0.2, 0.25) is 5.54 Å². The van der Waals surface area contributed by atoms with E-state index in [1.54, 1.807) is 21.3 Å². The molecule has 0 fully saturated rings. The fourth-order valence-corrected chi connectivity index (χ4v) is 4.06. The molecule has 0 aliphatic heterocycles. The van der Waals surface area contributed by atoms with E-state index < -0.39 is 8.80 Å². The van der Waals surface area contributed by atoms with Crippen molar-refractivity contribution in [2.75, 3.05) is 21.3 Å². The minimum absolute atomic E-state index is 0.345. The van der Waals surface area contributed by atoms with Gasteiger partial charge in [-0.2, -0.15) is 0 Å². The fraction of sp³-hybridized carbons (Fsp3) is 1.00. The summed E-state index contributed by atoms with van der Waals surface area (Å²) in [6.07, 6.45) is 1.12. The summed E-state index contributed by atoms with van der Waals surface area (Å²) >= 11 is 0. The molecule has 0 bridgehead atoms. The highest BCUT2D eigenvalue weighted by Gasteiger charge is 2.46. The van der Waals surface area contributed by atoms with Crippen molar-refractivity contribution in [3.05, 3.63) is 0 Å². The summed E-state index contributed by atoms with van der Waals surface area (Å²) in [5.41, 5.74) is 0.345. The molecule has 0 aromatic carbocycles. The van der Waals surface area contributed by atoms with Crippen LogP contribution in [0.5, 0.6) is 0 Å². The lowest BCUT2D eigenvalue weighted by Gasteiger charge is -2.33. The van der Waals surface area contributed by atoms with E-state index >= 15 is 0 Å². The average Bonchev–Trinajstić information content (AvgIpc) is 2.20. The molecule has 2 unspecified atom stereocenters. The third kappa shape index (κ3) is 2.77. The SMILES string of the molecule is CCC(C)C(C)[Si](OC)(OC)OC. The summed E-state index contributed by atoms with van der Waals surface area (Å²) in [7, 11) is 2.59. The first-order valence-corrected chi connectivity index (χ1v) is 6.53. The average molecular weight is 206 g/mol. The zero-order valence-electron chi connectivity index (χ0n) is 9.59. The van der Waals surface area contributed by atoms with Crippen LogP contribution in [-0.2, 0) is 13.3 Å². The van der Waals surface area contributed by atoms with E-state index in [1.807, 2.05) is 0 Å². The van der Waals surface area contributed by atoms with Crippen LogP contribution in [0, 0.1) is 5.92 Å². The van der Waals surface area contributed by atoms with Crippen molar-refractivity contribution in [2.45, 2.75) is 32.7 Å². The van der Waals surface area contributed by atoms with Crippen LogP contribution in [0.3, 0.4) is 0 Å². The Labute approximate surface area is 82.8 Å². The third-order valence-corrected chi connectivity index (χ3v) is 6.30. The predicted molar refractivity (Wildman–Crippen MR) is 55.7 cm³/mol. The second-order valence-electron chi connectivity index (χ2n) is 3.39. The van der Waals surface area contributed by atoms with Gasteiger partial charge in [-0.3, -0.25) is 0 Å². The van der Waals surface area contributed by atoms with Crippen molar-refractivity contribution < 1.29 is 13.3 Å². The van der Waals surface area contributed by atoms with Crippen LogP contribution < -0.4 is 0 Å². The van der Waals surface area contributed by atoms with Crippen LogP contribution in [0.15, 0.2) is 0 Å². The molecule has 0 aromatic rings. The first kappa shape index (κ1) is 13.1. The van der Waals surface area contributed by atoms with Crippen molar-refractivity contribution in [2.24, 2.45) is 5.92 Å². The Kier molecular flexibility index (Phi) is 5.79. The van der Waals surface area contributed by atoms with E-state index in [-0.39, 0.29) is 0 Å². The van der Waals surface area contributed by atoms with E-state index in [9.17, 15) is 0 Å². The minimum Gasteiger partial charge on any atom is -0.377 e. The van der Waals surface area contributed by atoms with Crippen molar-refractivity contribution in [1.29, 1.82) is 0 Å². The Morgan fingerprint density at radius 2 is 1.38 bits per heavy atom. The Morgan fingerprint density at radius 1 is 1.00 bits per heavy atom. The maximum absolute atomic E-state index is 5.42. The molecule has 0 amide bonds. The molecule has 80 valence electrons. The molecule has 0 spiro atoms. The molecule has 0 saturated heterocycles. The number of hydrogen-bond acceptors (Lipinski definition) is 3. The molecule has 0 heterocycles. The molecule has 3 nitrogen and oxygen atoms in total. The fourth-order valence-electron chi connectivity index (χ4n) is 1.51. The second kappa shape index (κ2) is 5.75. The molecular formula is C9H22O3Si. The molecule has 0 radical (unpaired) electrons. The van der Waals surface area contributed by atoms with Gasteiger partial charge in [-0.25, -0.2) is 0 Å². The van der Waals surface area contributed by atoms with Crippen molar-refractivity contribution in [1.82, 2.24) is 0 Å². The quantitative estimate of drug-likeness (QED) is 0.624. The summed E-state index contributed by atoms with van der Waals surface area (Å²) in [4.78, 5) is 0. The van der Waals surface area contributed by atoms with Gasteiger partial charge in [0.25, 0.3) is 0 Å². The van der Waals surface area contributed by atoms with E-state index in [0.717, 1.165) is 6.42 Å². The van der Waals surface area contributed by atoms with E-state index in [4.69, 9.17) is 13.3 Å². The summed E-state index contributed by atoms with van der Waals surface area (Å²) in [6.45, 7) is 6.50. The van der Waals surface area contributed by atoms with Crippen molar-refractivity contribution in [3.63, 3.8) is 0 Å². The number of rotatable bonds is 6. The first-order valence-electron chi connectivity index (χ1n) is 4.73. The molecule has 0 aliphatic rings. The minimum atomic E-state index is -2.40. The predicted octanol–water partition coefficient (Wildman–Crippen LogP) is 2.30. The summed E-state index contributed by atoms with van der Waals surface area (Å²) in [6, 6.07) is 0. The van der Waals surface area contributed by atoms with Gasteiger partial charge in [0, 0.05) is 26.9 Å². The molecule has 0 rings (SSSR count). The molecule has 13 heavy (non-hydrogen) atoms. The van der Waals surface area contributed by atoms with Gasteiger partial charge in [0.05, 0.1) is 0 Å². The molecule has 0 aromatic heterocycles. The summed E-state index contributed by atoms with van der Waals surface area (Å²) in [5.74, 6) is 0.562. The highest BCUT2D eigenvalue weighted by Crippen LogP contribution is 2.32. The Hall–Kier alpha value is 0.0969. The lowest BCUT2D eigenvalue weighted by atomic mass is 10.1. The van der Waals surface area contributed by atoms with Gasteiger partial charge in [0.2, 0.25) is 0 Å². The highest BCUT2D eigenvalue weighted by molar-refractivity contribution is 6.62. The van der Waals surface area contributed by atoms with Crippen LogP contribution >= 0.6 is 0 Å². The summed E-state index contributed by atoms with van der Waals surface area (Å²) < 4.78 is 16.2. The van der Waals surface area contributed by atoms with Gasteiger partial charge < -0.3 is 13.3 Å². The maximum atomic E-state index is 5.42. The van der Waals surface area contributed by atoms with Crippen LogP contribution in [0.4, 0.5) is 0 Å². The van der Waals surface area contributed by atoms with Gasteiger partial charge >= 0.3 is 8.80 Å². The Bertz CT molecular complexity index is 129. The van der Waals surface area contributed by atoms with Gasteiger partial charge in [-0.1, -0.05) is 27.2 Å². The number of hydrogen-bond donors (Lipinski definition) is 0. The van der Waals surface area contributed by atoms with E-state index in [1.165, 1.54) is 0 Å². The zero-order valence-corrected chi connectivity index (χ0v) is 10.6. The molecular weight excluding hydrogens is 184 g/mol. The topological polar surface area (TPSA) is 27.7 Å². The largest absolute Gasteiger partial charge is 0.503 e. The highest BCUT2D eigenvalue weighted by atomic mass is 28.4. The van der Waals surface area contributed by atoms with Gasteiger partial charge in [0.15, 0.2) is 0 Å². The van der Waals surface area contributed by atoms with Crippen LogP contribution in [0.1, 0.15) is 27.2 Å². The summed E-state index contributed by atoms with van der Waals surface area (Å²) in [5, 5.41) is 0. The standard InChI is InChI=1S/C9H22O3Si/c1-7-8(2)9(3)13(10-4,11-5)12-6/h8-9H,7H2,1-6H3. The molecule has 2 atom stereocenters. The molecule has 4 heteroatoms. The van der Waals surface area contributed by atoms with Gasteiger partial charge in [-0.05, 0) is 5.92 Å².